The summed E-state index contributed by atoms with van der Waals surface area (Å²) in [5, 5.41) is 21.6. The van der Waals surface area contributed by atoms with Crippen LogP contribution in [0.15, 0.2) is 24.3 Å². The first-order valence-corrected chi connectivity index (χ1v) is 8.73. The van der Waals surface area contributed by atoms with Crippen molar-refractivity contribution in [2.24, 2.45) is 0 Å². The smallest absolute Gasteiger partial charge is 0.292 e. The summed E-state index contributed by atoms with van der Waals surface area (Å²) < 4.78 is 0. The van der Waals surface area contributed by atoms with E-state index >= 15 is 0 Å². The minimum Gasteiger partial charge on any atom is -0.389 e. The molecule has 1 aromatic rings. The van der Waals surface area contributed by atoms with Crippen LogP contribution in [0, 0.1) is 10.1 Å². The Hall–Kier alpha value is -1.66. The third-order valence-corrected chi connectivity index (χ3v) is 4.73. The third-order valence-electron chi connectivity index (χ3n) is 4.73. The van der Waals surface area contributed by atoms with Gasteiger partial charge < -0.3 is 10.0 Å². The van der Waals surface area contributed by atoms with Crippen LogP contribution >= 0.6 is 0 Å². The van der Waals surface area contributed by atoms with Gasteiger partial charge in [0, 0.05) is 37.8 Å². The molecule has 0 saturated carbocycles. The second kappa shape index (κ2) is 7.49. The van der Waals surface area contributed by atoms with Gasteiger partial charge in [0.1, 0.15) is 5.69 Å². The number of anilines is 1. The van der Waals surface area contributed by atoms with Gasteiger partial charge in [-0.15, -0.1) is 0 Å². The fourth-order valence-corrected chi connectivity index (χ4v) is 3.59. The van der Waals surface area contributed by atoms with E-state index in [4.69, 9.17) is 0 Å². The molecule has 1 aliphatic heterocycles. The van der Waals surface area contributed by atoms with Crippen molar-refractivity contribution in [3.63, 3.8) is 0 Å². The van der Waals surface area contributed by atoms with Gasteiger partial charge in [0.25, 0.3) is 5.69 Å². The number of β-amino-alcohol motifs (C(OH)–C–C–N with tert-alkyl or cyclic N) is 1. The van der Waals surface area contributed by atoms with Crippen molar-refractivity contribution in [3.8, 4) is 0 Å². The third kappa shape index (κ3) is 4.24. The van der Waals surface area contributed by atoms with Gasteiger partial charge in [0.05, 0.1) is 10.5 Å². The molecule has 1 aromatic carbocycles. The van der Waals surface area contributed by atoms with E-state index in [1.54, 1.807) is 12.1 Å². The fraction of sp³-hybridized carbons (Fsp3) is 0.667. The van der Waals surface area contributed by atoms with Gasteiger partial charge in [0.15, 0.2) is 0 Å². The van der Waals surface area contributed by atoms with Crippen molar-refractivity contribution in [2.75, 3.05) is 24.5 Å². The molecular formula is C18H29N3O3. The number of piperazine rings is 1. The molecule has 0 bridgehead atoms. The fourth-order valence-electron chi connectivity index (χ4n) is 3.59. The van der Waals surface area contributed by atoms with Crippen molar-refractivity contribution in [1.82, 2.24) is 4.90 Å². The van der Waals surface area contributed by atoms with E-state index in [1.807, 2.05) is 26.0 Å². The maximum absolute atomic E-state index is 11.4. The number of rotatable bonds is 6. The molecule has 0 amide bonds. The molecule has 0 aromatic heterocycles. The van der Waals surface area contributed by atoms with E-state index in [-0.39, 0.29) is 22.7 Å². The first-order chi connectivity index (χ1) is 11.3. The number of nitrogens with zero attached hydrogens (tertiary/aromatic N) is 3. The molecule has 1 heterocycles. The molecule has 2 rings (SSSR count). The summed E-state index contributed by atoms with van der Waals surface area (Å²) >= 11 is 0. The van der Waals surface area contributed by atoms with Crippen LogP contribution in [0.2, 0.25) is 0 Å². The maximum atomic E-state index is 11.4. The minimum atomic E-state index is -0.743. The molecule has 1 N–H and O–H groups in total. The van der Waals surface area contributed by atoms with E-state index in [2.05, 4.69) is 23.6 Å². The van der Waals surface area contributed by atoms with Crippen LogP contribution in [0.1, 0.15) is 40.5 Å². The van der Waals surface area contributed by atoms with E-state index in [0.29, 0.717) is 12.2 Å². The predicted octanol–water partition coefficient (Wildman–Crippen LogP) is 3.04. The van der Waals surface area contributed by atoms with E-state index < -0.39 is 5.60 Å². The Morgan fingerprint density at radius 1 is 1.21 bits per heavy atom. The summed E-state index contributed by atoms with van der Waals surface area (Å²) in [6, 6.07) is 7.48. The van der Waals surface area contributed by atoms with Crippen LogP contribution in [0.5, 0.6) is 0 Å². The quantitative estimate of drug-likeness (QED) is 0.639. The van der Waals surface area contributed by atoms with Crippen LogP contribution < -0.4 is 4.90 Å². The lowest BCUT2D eigenvalue weighted by molar-refractivity contribution is -0.384. The summed E-state index contributed by atoms with van der Waals surface area (Å²) in [4.78, 5) is 15.6. The molecule has 0 unspecified atom stereocenters. The number of hydrogen-bond acceptors (Lipinski definition) is 5. The topological polar surface area (TPSA) is 69.8 Å². The highest BCUT2D eigenvalue weighted by Crippen LogP contribution is 2.33. The van der Waals surface area contributed by atoms with Gasteiger partial charge in [-0.2, -0.15) is 0 Å². The van der Waals surface area contributed by atoms with E-state index in [0.717, 1.165) is 25.9 Å². The van der Waals surface area contributed by atoms with Crippen molar-refractivity contribution >= 4 is 11.4 Å². The normalized spacial score (nSPS) is 22.6. The second-order valence-electron chi connectivity index (χ2n) is 7.26. The summed E-state index contributed by atoms with van der Waals surface area (Å²) in [7, 11) is 0. The molecule has 24 heavy (non-hydrogen) atoms. The van der Waals surface area contributed by atoms with Crippen molar-refractivity contribution in [1.29, 1.82) is 0 Å². The van der Waals surface area contributed by atoms with Crippen LogP contribution in [-0.2, 0) is 0 Å². The maximum Gasteiger partial charge on any atom is 0.292 e. The van der Waals surface area contributed by atoms with Crippen molar-refractivity contribution < 1.29 is 10.0 Å². The van der Waals surface area contributed by atoms with Crippen LogP contribution in [0.25, 0.3) is 0 Å². The highest BCUT2D eigenvalue weighted by Gasteiger charge is 2.36. The lowest BCUT2D eigenvalue weighted by Crippen LogP contribution is -2.60. The van der Waals surface area contributed by atoms with E-state index in [1.165, 1.54) is 0 Å². The lowest BCUT2D eigenvalue weighted by atomic mass is 9.98. The summed E-state index contributed by atoms with van der Waals surface area (Å²) in [5.41, 5.74) is 0.129. The standard InChI is InChI=1S/C18H29N3O3/c1-5-14-12-20(16-9-7-8-10-17(16)21(23)24)15(6-2)11-19(14)13-18(3,4)22/h7-10,14-15,22H,5-6,11-13H2,1-4H3/t14-,15+/m0/s1. The molecule has 1 saturated heterocycles. The summed E-state index contributed by atoms with van der Waals surface area (Å²) in [6.07, 6.45) is 1.86. The van der Waals surface area contributed by atoms with Gasteiger partial charge >= 0.3 is 0 Å². The predicted molar refractivity (Wildman–Crippen MR) is 96.5 cm³/mol. The number of nitro benzene ring substituents is 1. The Labute approximate surface area is 144 Å². The Kier molecular flexibility index (Phi) is 5.83. The second-order valence-corrected chi connectivity index (χ2v) is 7.26. The monoisotopic (exact) mass is 335 g/mol. The zero-order chi connectivity index (χ0) is 17.9. The van der Waals surface area contributed by atoms with Gasteiger partial charge in [-0.25, -0.2) is 0 Å². The Bertz CT molecular complexity index is 571. The van der Waals surface area contributed by atoms with Gasteiger partial charge in [-0.3, -0.25) is 15.0 Å². The zero-order valence-electron chi connectivity index (χ0n) is 15.1. The van der Waals surface area contributed by atoms with Crippen LogP contribution in [-0.4, -0.2) is 52.2 Å². The zero-order valence-corrected chi connectivity index (χ0v) is 15.1. The number of hydrogen-bond donors (Lipinski definition) is 1. The highest BCUT2D eigenvalue weighted by molar-refractivity contribution is 5.64. The molecule has 2 atom stereocenters. The van der Waals surface area contributed by atoms with Gasteiger partial charge in [-0.05, 0) is 32.8 Å². The highest BCUT2D eigenvalue weighted by atomic mass is 16.6. The number of nitro groups is 1. The van der Waals surface area contributed by atoms with Crippen LogP contribution in [0.3, 0.4) is 0 Å². The summed E-state index contributed by atoms with van der Waals surface area (Å²) in [6.45, 7) is 10.1. The molecule has 6 heteroatoms. The Balaban J connectivity index is 2.31. The van der Waals surface area contributed by atoms with E-state index in [9.17, 15) is 15.2 Å². The molecule has 6 nitrogen and oxygen atoms in total. The molecule has 0 spiro atoms. The SMILES string of the molecule is CC[C@H]1CN(c2ccccc2[N+](=O)[O-])[C@H](CC)CN1CC(C)(C)O. The largest absolute Gasteiger partial charge is 0.389 e. The number of para-hydroxylation sites is 2. The van der Waals surface area contributed by atoms with Gasteiger partial charge in [0.2, 0.25) is 0 Å². The minimum absolute atomic E-state index is 0.168. The molecule has 1 fully saturated rings. The summed E-state index contributed by atoms with van der Waals surface area (Å²) in [5.74, 6) is 0. The molecule has 1 aliphatic rings. The first-order valence-electron chi connectivity index (χ1n) is 8.73. The van der Waals surface area contributed by atoms with Gasteiger partial charge in [-0.1, -0.05) is 26.0 Å². The number of aliphatic hydroxyl groups is 1. The van der Waals surface area contributed by atoms with Crippen molar-refractivity contribution in [2.45, 2.75) is 58.2 Å². The average Bonchev–Trinajstić information content (AvgIpc) is 2.53. The molecule has 0 aliphatic carbocycles. The first kappa shape index (κ1) is 18.7. The molecule has 0 radical (unpaired) electrons. The molecule has 134 valence electrons. The number of benzene rings is 1. The lowest BCUT2D eigenvalue weighted by Gasteiger charge is -2.48. The van der Waals surface area contributed by atoms with Crippen molar-refractivity contribution in [3.05, 3.63) is 34.4 Å². The Morgan fingerprint density at radius 2 is 1.83 bits per heavy atom. The average molecular weight is 335 g/mol. The Morgan fingerprint density at radius 3 is 2.38 bits per heavy atom. The van der Waals surface area contributed by atoms with Crippen LogP contribution in [0.4, 0.5) is 11.4 Å². The molecular weight excluding hydrogens is 306 g/mol.